The molecule has 2 aliphatic rings. The smallest absolute Gasteiger partial charge is 0.352 e. The van der Waals surface area contributed by atoms with Crippen molar-refractivity contribution in [3.63, 3.8) is 0 Å². The van der Waals surface area contributed by atoms with Gasteiger partial charge in [-0.1, -0.05) is 12.7 Å². The van der Waals surface area contributed by atoms with Crippen LogP contribution in [-0.4, -0.2) is 45.0 Å². The van der Waals surface area contributed by atoms with E-state index in [0.29, 0.717) is 16.0 Å². The summed E-state index contributed by atoms with van der Waals surface area (Å²) in [6, 6.07) is 2.27. The van der Waals surface area contributed by atoms with Crippen LogP contribution in [0.3, 0.4) is 0 Å². The number of carboxylic acids is 1. The maximum atomic E-state index is 12.3. The molecule has 9 heteroatoms. The van der Waals surface area contributed by atoms with Gasteiger partial charge < -0.3 is 14.8 Å². The first kappa shape index (κ1) is 15.9. The molecule has 1 fully saturated rings. The van der Waals surface area contributed by atoms with Crippen LogP contribution in [0.5, 0.6) is 0 Å². The summed E-state index contributed by atoms with van der Waals surface area (Å²) in [7, 11) is 0. The average Bonchev–Trinajstić information content (AvgIpc) is 2.97. The fourth-order valence-corrected chi connectivity index (χ4v) is 4.10. The Labute approximate surface area is 143 Å². The minimum atomic E-state index is -1.18. The van der Waals surface area contributed by atoms with Crippen LogP contribution in [0.15, 0.2) is 45.1 Å². The molecule has 7 nitrogen and oxygen atoms in total. The van der Waals surface area contributed by atoms with Gasteiger partial charge in [0.05, 0.1) is 0 Å². The molecule has 3 heterocycles. The van der Waals surface area contributed by atoms with E-state index >= 15 is 0 Å². The number of carbonyl (C=O) groups excluding carboxylic acids is 2. The van der Waals surface area contributed by atoms with E-state index in [-0.39, 0.29) is 11.5 Å². The lowest BCUT2D eigenvalue weighted by molar-refractivity contribution is -0.148. The normalized spacial score (nSPS) is 23.2. The Morgan fingerprint density at radius 3 is 2.83 bits per heavy atom. The lowest BCUT2D eigenvalue weighted by Crippen LogP contribution is -2.70. The molecule has 0 bridgehead atoms. The summed E-state index contributed by atoms with van der Waals surface area (Å²) in [6.07, 6.45) is 1.44. The molecular weight excluding hydrogens is 388 g/mol. The first-order valence-electron chi connectivity index (χ1n) is 6.53. The number of hydrogen-bond donors (Lipinski definition) is 2. The Balaban J connectivity index is 1.78. The highest BCUT2D eigenvalue weighted by atomic mass is 79.9. The first-order valence-corrected chi connectivity index (χ1v) is 8.38. The number of amides is 2. The van der Waals surface area contributed by atoms with Crippen molar-refractivity contribution in [1.29, 1.82) is 0 Å². The predicted octanol–water partition coefficient (Wildman–Crippen LogP) is 1.58. The standard InChI is InChI=1S/C14H11BrN2O5S/c1-2-6-5-23-13-9(12(19)17(13)10(6)14(20)21)16-11(18)7-3-4-8(15)22-7/h2-4,9,13H,1,5H2,(H,16,18)(H,20,21)/t9-,13-/m1/s1. The minimum absolute atomic E-state index is 0.0695. The molecule has 23 heavy (non-hydrogen) atoms. The van der Waals surface area contributed by atoms with E-state index in [0.717, 1.165) is 0 Å². The second kappa shape index (κ2) is 5.89. The molecule has 120 valence electrons. The number of furan rings is 1. The quantitative estimate of drug-likeness (QED) is 0.746. The summed E-state index contributed by atoms with van der Waals surface area (Å²) in [4.78, 5) is 36.9. The predicted molar refractivity (Wildman–Crippen MR) is 85.6 cm³/mol. The van der Waals surface area contributed by atoms with Gasteiger partial charge >= 0.3 is 5.97 Å². The summed E-state index contributed by atoms with van der Waals surface area (Å²) < 4.78 is 5.54. The van der Waals surface area contributed by atoms with E-state index in [4.69, 9.17) is 4.42 Å². The fraction of sp³-hybridized carbons (Fsp3) is 0.214. The molecule has 1 aromatic heterocycles. The molecule has 1 aromatic rings. The second-order valence-electron chi connectivity index (χ2n) is 4.85. The van der Waals surface area contributed by atoms with Crippen molar-refractivity contribution in [1.82, 2.24) is 10.2 Å². The van der Waals surface area contributed by atoms with E-state index in [1.54, 1.807) is 6.07 Å². The third-order valence-electron chi connectivity index (χ3n) is 3.53. The molecule has 3 rings (SSSR count). The fourth-order valence-electron chi connectivity index (χ4n) is 2.45. The van der Waals surface area contributed by atoms with E-state index in [1.165, 1.54) is 28.8 Å². The van der Waals surface area contributed by atoms with Gasteiger partial charge in [0.15, 0.2) is 10.4 Å². The third kappa shape index (κ3) is 2.59. The highest BCUT2D eigenvalue weighted by Crippen LogP contribution is 2.40. The molecule has 1 saturated heterocycles. The summed E-state index contributed by atoms with van der Waals surface area (Å²) >= 11 is 4.48. The summed E-state index contributed by atoms with van der Waals surface area (Å²) in [6.45, 7) is 3.58. The van der Waals surface area contributed by atoms with Gasteiger partial charge in [0.25, 0.3) is 11.8 Å². The van der Waals surface area contributed by atoms with Crippen LogP contribution < -0.4 is 5.32 Å². The molecular formula is C14H11BrN2O5S. The number of thioether (sulfide) groups is 1. The van der Waals surface area contributed by atoms with Crippen molar-refractivity contribution in [2.45, 2.75) is 11.4 Å². The van der Waals surface area contributed by atoms with E-state index < -0.39 is 29.2 Å². The molecule has 2 amide bonds. The van der Waals surface area contributed by atoms with Crippen LogP contribution in [-0.2, 0) is 9.59 Å². The Morgan fingerprint density at radius 1 is 1.52 bits per heavy atom. The number of nitrogens with one attached hydrogen (secondary N) is 1. The van der Waals surface area contributed by atoms with Crippen molar-refractivity contribution >= 4 is 45.5 Å². The van der Waals surface area contributed by atoms with Gasteiger partial charge in [-0.3, -0.25) is 14.5 Å². The Kier molecular flexibility index (Phi) is 4.07. The van der Waals surface area contributed by atoms with Crippen LogP contribution >= 0.6 is 27.7 Å². The molecule has 0 spiro atoms. The summed E-state index contributed by atoms with van der Waals surface area (Å²) in [5.74, 6) is -1.68. The Bertz CT molecular complexity index is 756. The minimum Gasteiger partial charge on any atom is -0.477 e. The topological polar surface area (TPSA) is 99.9 Å². The van der Waals surface area contributed by atoms with Crippen molar-refractivity contribution in [3.8, 4) is 0 Å². The largest absolute Gasteiger partial charge is 0.477 e. The molecule has 0 radical (unpaired) electrons. The van der Waals surface area contributed by atoms with Gasteiger partial charge in [-0.15, -0.1) is 11.8 Å². The molecule has 2 N–H and O–H groups in total. The number of fused-ring (bicyclic) bond motifs is 1. The number of allylic oxidation sites excluding steroid dienone is 1. The van der Waals surface area contributed by atoms with Gasteiger partial charge in [-0.05, 0) is 33.6 Å². The van der Waals surface area contributed by atoms with E-state index in [9.17, 15) is 19.5 Å². The van der Waals surface area contributed by atoms with Crippen LogP contribution in [0.25, 0.3) is 0 Å². The van der Waals surface area contributed by atoms with Gasteiger partial charge in [0.1, 0.15) is 17.1 Å². The van der Waals surface area contributed by atoms with Crippen molar-refractivity contribution in [2.24, 2.45) is 0 Å². The molecule has 0 aromatic carbocycles. The average molecular weight is 399 g/mol. The summed E-state index contributed by atoms with van der Waals surface area (Å²) in [5.41, 5.74) is 0.423. The van der Waals surface area contributed by atoms with Crippen molar-refractivity contribution in [3.05, 3.63) is 46.5 Å². The van der Waals surface area contributed by atoms with Gasteiger partial charge in [-0.2, -0.15) is 0 Å². The monoisotopic (exact) mass is 398 g/mol. The van der Waals surface area contributed by atoms with Crippen LogP contribution in [0.1, 0.15) is 10.6 Å². The zero-order valence-electron chi connectivity index (χ0n) is 11.6. The van der Waals surface area contributed by atoms with E-state index in [1.807, 2.05) is 0 Å². The molecule has 0 saturated carbocycles. The number of halogens is 1. The third-order valence-corrected chi connectivity index (χ3v) is 5.26. The van der Waals surface area contributed by atoms with Crippen molar-refractivity contribution < 1.29 is 23.9 Å². The van der Waals surface area contributed by atoms with Gasteiger partial charge in [-0.25, -0.2) is 4.79 Å². The number of nitrogens with zero attached hydrogens (tertiary/aromatic N) is 1. The van der Waals surface area contributed by atoms with Crippen LogP contribution in [0, 0.1) is 0 Å². The zero-order valence-corrected chi connectivity index (χ0v) is 14.0. The first-order chi connectivity index (χ1) is 10.9. The molecule has 2 atom stereocenters. The number of carbonyl (C=O) groups is 3. The maximum absolute atomic E-state index is 12.3. The number of aliphatic carboxylic acids is 1. The Morgan fingerprint density at radius 2 is 2.26 bits per heavy atom. The number of carboxylic acid groups (broad SMARTS) is 1. The maximum Gasteiger partial charge on any atom is 0.352 e. The lowest BCUT2D eigenvalue weighted by atomic mass is 10.0. The Hall–Kier alpha value is -2.00. The molecule has 0 aliphatic carbocycles. The lowest BCUT2D eigenvalue weighted by Gasteiger charge is -2.49. The molecule has 2 aliphatic heterocycles. The van der Waals surface area contributed by atoms with Gasteiger partial charge in [0.2, 0.25) is 0 Å². The SMILES string of the molecule is C=CC1=C(C(=O)O)N2C(=O)[C@@H](NC(=O)c3ccc(Br)o3)[C@H]2SC1. The zero-order chi connectivity index (χ0) is 16.7. The number of rotatable bonds is 4. The van der Waals surface area contributed by atoms with Crippen LogP contribution in [0.4, 0.5) is 0 Å². The highest BCUT2D eigenvalue weighted by Gasteiger charge is 2.54. The van der Waals surface area contributed by atoms with Crippen molar-refractivity contribution in [2.75, 3.05) is 5.75 Å². The molecule has 0 unspecified atom stereocenters. The second-order valence-corrected chi connectivity index (χ2v) is 6.73. The highest BCUT2D eigenvalue weighted by molar-refractivity contribution is 9.10. The number of β-lactam (4-membered cyclic amide) rings is 1. The number of hydrogen-bond acceptors (Lipinski definition) is 5. The summed E-state index contributed by atoms with van der Waals surface area (Å²) in [5, 5.41) is 11.4. The van der Waals surface area contributed by atoms with E-state index in [2.05, 4.69) is 27.8 Å². The van der Waals surface area contributed by atoms with Gasteiger partial charge in [0, 0.05) is 5.75 Å². The van der Waals surface area contributed by atoms with Crippen LogP contribution in [0.2, 0.25) is 0 Å².